The smallest absolute Gasteiger partial charge is 0.317 e. The van der Waals surface area contributed by atoms with Crippen molar-refractivity contribution in [2.24, 2.45) is 7.05 Å². The zero-order valence-electron chi connectivity index (χ0n) is 13.3. The molecule has 1 aromatic carbocycles. The third kappa shape index (κ3) is 3.10. The van der Waals surface area contributed by atoms with Crippen LogP contribution in [0, 0.1) is 6.92 Å². The van der Waals surface area contributed by atoms with Gasteiger partial charge in [0.2, 0.25) is 0 Å². The summed E-state index contributed by atoms with van der Waals surface area (Å²) in [5.41, 5.74) is 3.63. The molecule has 0 aliphatic heterocycles. The minimum Gasteiger partial charge on any atom is -0.480 e. The van der Waals surface area contributed by atoms with Gasteiger partial charge in [-0.2, -0.15) is 0 Å². The maximum absolute atomic E-state index is 11.1. The van der Waals surface area contributed by atoms with Crippen molar-refractivity contribution in [3.8, 4) is 0 Å². The number of carbonyl (C=O) groups is 1. The van der Waals surface area contributed by atoms with E-state index in [0.29, 0.717) is 6.54 Å². The summed E-state index contributed by atoms with van der Waals surface area (Å²) in [7, 11) is 2.06. The van der Waals surface area contributed by atoms with Gasteiger partial charge >= 0.3 is 5.97 Å². The van der Waals surface area contributed by atoms with Gasteiger partial charge in [-0.15, -0.1) is 0 Å². The summed E-state index contributed by atoms with van der Waals surface area (Å²) in [5.74, 6) is -0.772. The standard InChI is InChI=1S/C17H24N2O2/c1-5-12(2)19(11-17(20)21)10-16-13(3)14-8-6-7-9-15(14)18(16)4/h6-9,12H,5,10-11H2,1-4H3,(H,20,21). The molecule has 1 atom stereocenters. The predicted octanol–water partition coefficient (Wildman–Crippen LogP) is 3.17. The van der Waals surface area contributed by atoms with E-state index in [9.17, 15) is 4.79 Å². The molecular weight excluding hydrogens is 264 g/mol. The summed E-state index contributed by atoms with van der Waals surface area (Å²) in [6.07, 6.45) is 0.941. The van der Waals surface area contributed by atoms with E-state index in [-0.39, 0.29) is 12.6 Å². The van der Waals surface area contributed by atoms with Crippen LogP contribution in [0.15, 0.2) is 24.3 Å². The van der Waals surface area contributed by atoms with Gasteiger partial charge in [0, 0.05) is 36.2 Å². The van der Waals surface area contributed by atoms with Gasteiger partial charge in [0.1, 0.15) is 0 Å². The number of hydrogen-bond acceptors (Lipinski definition) is 2. The molecule has 21 heavy (non-hydrogen) atoms. The largest absolute Gasteiger partial charge is 0.480 e. The Hall–Kier alpha value is -1.81. The SMILES string of the molecule is CCC(C)N(CC(=O)O)Cc1c(C)c2ccccc2n1C. The van der Waals surface area contributed by atoms with Crippen molar-refractivity contribution in [2.75, 3.05) is 6.54 Å². The van der Waals surface area contributed by atoms with E-state index >= 15 is 0 Å². The molecule has 0 amide bonds. The molecule has 1 aromatic heterocycles. The van der Waals surface area contributed by atoms with Crippen LogP contribution in [0.1, 0.15) is 31.5 Å². The maximum atomic E-state index is 11.1. The summed E-state index contributed by atoms with van der Waals surface area (Å²) in [4.78, 5) is 13.1. The average Bonchev–Trinajstić information content (AvgIpc) is 2.71. The lowest BCUT2D eigenvalue weighted by Crippen LogP contribution is -2.37. The van der Waals surface area contributed by atoms with Crippen LogP contribution in [0.25, 0.3) is 10.9 Å². The summed E-state index contributed by atoms with van der Waals surface area (Å²) in [5, 5.41) is 10.4. The number of aryl methyl sites for hydroxylation is 2. The molecule has 0 saturated carbocycles. The fourth-order valence-corrected chi connectivity index (χ4v) is 2.85. The molecule has 4 heteroatoms. The van der Waals surface area contributed by atoms with E-state index in [1.54, 1.807) is 0 Å². The number of aromatic nitrogens is 1. The van der Waals surface area contributed by atoms with E-state index in [0.717, 1.165) is 6.42 Å². The Bertz CT molecular complexity index is 607. The second kappa shape index (κ2) is 6.31. The van der Waals surface area contributed by atoms with E-state index < -0.39 is 5.97 Å². The lowest BCUT2D eigenvalue weighted by molar-refractivity contribution is -0.139. The van der Waals surface area contributed by atoms with Crippen LogP contribution < -0.4 is 0 Å². The molecule has 114 valence electrons. The van der Waals surface area contributed by atoms with Crippen LogP contribution in [0.2, 0.25) is 0 Å². The molecule has 0 aliphatic rings. The highest BCUT2D eigenvalue weighted by molar-refractivity contribution is 5.85. The van der Waals surface area contributed by atoms with Gasteiger partial charge < -0.3 is 9.67 Å². The first-order valence-electron chi connectivity index (χ1n) is 7.44. The van der Waals surface area contributed by atoms with Gasteiger partial charge in [-0.25, -0.2) is 0 Å². The Morgan fingerprint density at radius 3 is 2.62 bits per heavy atom. The molecule has 1 unspecified atom stereocenters. The molecule has 2 aromatic rings. The molecule has 1 heterocycles. The predicted molar refractivity (Wildman–Crippen MR) is 85.5 cm³/mol. The second-order valence-electron chi connectivity index (χ2n) is 5.70. The van der Waals surface area contributed by atoms with E-state index in [1.807, 2.05) is 17.0 Å². The van der Waals surface area contributed by atoms with Crippen LogP contribution in [-0.4, -0.2) is 33.1 Å². The van der Waals surface area contributed by atoms with Crippen LogP contribution >= 0.6 is 0 Å². The highest BCUT2D eigenvalue weighted by Crippen LogP contribution is 2.26. The maximum Gasteiger partial charge on any atom is 0.317 e. The van der Waals surface area contributed by atoms with Crippen molar-refractivity contribution < 1.29 is 9.90 Å². The number of hydrogen-bond donors (Lipinski definition) is 1. The zero-order chi connectivity index (χ0) is 15.6. The minimum absolute atomic E-state index is 0.0793. The normalized spacial score (nSPS) is 13.0. The number of para-hydroxylation sites is 1. The number of aliphatic carboxylic acids is 1. The van der Waals surface area contributed by atoms with Crippen LogP contribution in [0.4, 0.5) is 0 Å². The molecule has 0 radical (unpaired) electrons. The number of carboxylic acid groups (broad SMARTS) is 1. The third-order valence-electron chi connectivity index (χ3n) is 4.41. The number of fused-ring (bicyclic) bond motifs is 1. The highest BCUT2D eigenvalue weighted by atomic mass is 16.4. The topological polar surface area (TPSA) is 45.5 Å². The first-order valence-corrected chi connectivity index (χ1v) is 7.44. The van der Waals surface area contributed by atoms with Gasteiger partial charge in [0.25, 0.3) is 0 Å². The van der Waals surface area contributed by atoms with Crippen molar-refractivity contribution in [1.29, 1.82) is 0 Å². The Balaban J connectivity index is 2.38. The highest BCUT2D eigenvalue weighted by Gasteiger charge is 2.20. The van der Waals surface area contributed by atoms with Gasteiger partial charge in [0.15, 0.2) is 0 Å². The fourth-order valence-electron chi connectivity index (χ4n) is 2.85. The van der Waals surface area contributed by atoms with Crippen LogP contribution in [0.3, 0.4) is 0 Å². The van der Waals surface area contributed by atoms with Crippen molar-refractivity contribution in [2.45, 2.75) is 39.8 Å². The molecule has 0 bridgehead atoms. The number of benzene rings is 1. The Morgan fingerprint density at radius 2 is 2.05 bits per heavy atom. The molecule has 4 nitrogen and oxygen atoms in total. The van der Waals surface area contributed by atoms with E-state index in [2.05, 4.69) is 44.5 Å². The van der Waals surface area contributed by atoms with Crippen molar-refractivity contribution in [3.63, 3.8) is 0 Å². The van der Waals surface area contributed by atoms with E-state index in [1.165, 1.54) is 22.2 Å². The lowest BCUT2D eigenvalue weighted by Gasteiger charge is -2.27. The van der Waals surface area contributed by atoms with Crippen LogP contribution in [0.5, 0.6) is 0 Å². The van der Waals surface area contributed by atoms with Gasteiger partial charge in [-0.3, -0.25) is 9.69 Å². The zero-order valence-corrected chi connectivity index (χ0v) is 13.3. The second-order valence-corrected chi connectivity index (χ2v) is 5.70. The average molecular weight is 288 g/mol. The minimum atomic E-state index is -0.772. The summed E-state index contributed by atoms with van der Waals surface area (Å²) in [6, 6.07) is 8.56. The molecule has 0 saturated heterocycles. The molecule has 2 rings (SSSR count). The molecule has 1 N–H and O–H groups in total. The molecule has 0 spiro atoms. The van der Waals surface area contributed by atoms with Gasteiger partial charge in [-0.05, 0) is 31.9 Å². The number of rotatable bonds is 6. The monoisotopic (exact) mass is 288 g/mol. The van der Waals surface area contributed by atoms with Crippen molar-refractivity contribution in [3.05, 3.63) is 35.5 Å². The third-order valence-corrected chi connectivity index (χ3v) is 4.41. The van der Waals surface area contributed by atoms with Crippen molar-refractivity contribution in [1.82, 2.24) is 9.47 Å². The lowest BCUT2D eigenvalue weighted by atomic mass is 10.1. The summed E-state index contributed by atoms with van der Waals surface area (Å²) >= 11 is 0. The molecular formula is C17H24N2O2. The Kier molecular flexibility index (Phi) is 4.68. The quantitative estimate of drug-likeness (QED) is 0.888. The van der Waals surface area contributed by atoms with E-state index in [4.69, 9.17) is 5.11 Å². The Labute approximate surface area is 126 Å². The fraction of sp³-hybridized carbons (Fsp3) is 0.471. The van der Waals surface area contributed by atoms with Crippen molar-refractivity contribution >= 4 is 16.9 Å². The summed E-state index contributed by atoms with van der Waals surface area (Å²) < 4.78 is 2.18. The van der Waals surface area contributed by atoms with Gasteiger partial charge in [0.05, 0.1) is 6.54 Å². The summed E-state index contributed by atoms with van der Waals surface area (Å²) in [6.45, 7) is 7.04. The number of carboxylic acids is 1. The first-order chi connectivity index (χ1) is 9.95. The number of nitrogens with zero attached hydrogens (tertiary/aromatic N) is 2. The molecule has 0 fully saturated rings. The first kappa shape index (κ1) is 15.6. The van der Waals surface area contributed by atoms with Gasteiger partial charge in [-0.1, -0.05) is 25.1 Å². The van der Waals surface area contributed by atoms with Crippen LogP contribution in [-0.2, 0) is 18.4 Å². The molecule has 0 aliphatic carbocycles. The Morgan fingerprint density at radius 1 is 1.38 bits per heavy atom.